The number of hydrogen-bond donors (Lipinski definition) is 1. The molecule has 118 valence electrons. The molecule has 1 saturated carbocycles. The molecule has 1 aliphatic rings. The van der Waals surface area contributed by atoms with E-state index < -0.39 is 11.7 Å². The number of halogens is 3. The number of rotatable bonds is 4. The standard InChI is InChI=1S/C16H23F3N2/c1-20-14-6-8-15(9-7-14)21(2)11-12-4-3-5-13(10-12)16(17,18)19/h3-5,10,14-15,20H,6-9,11H2,1-2H3. The molecule has 21 heavy (non-hydrogen) atoms. The van der Waals surface area contributed by atoms with E-state index in [0.29, 0.717) is 18.6 Å². The number of nitrogens with one attached hydrogen (secondary N) is 1. The maximum absolute atomic E-state index is 12.7. The Balaban J connectivity index is 1.95. The van der Waals surface area contributed by atoms with E-state index in [4.69, 9.17) is 0 Å². The SMILES string of the molecule is CNC1CCC(N(C)Cc2cccc(C(F)(F)F)c2)CC1. The van der Waals surface area contributed by atoms with Crippen molar-refractivity contribution < 1.29 is 13.2 Å². The summed E-state index contributed by atoms with van der Waals surface area (Å²) in [6, 6.07) is 6.69. The average molecular weight is 300 g/mol. The molecule has 1 fully saturated rings. The van der Waals surface area contributed by atoms with Crippen LogP contribution in [0.2, 0.25) is 0 Å². The molecule has 0 heterocycles. The zero-order valence-corrected chi connectivity index (χ0v) is 12.6. The van der Waals surface area contributed by atoms with Gasteiger partial charge in [0.2, 0.25) is 0 Å². The summed E-state index contributed by atoms with van der Waals surface area (Å²) in [5, 5.41) is 3.29. The lowest BCUT2D eigenvalue weighted by Gasteiger charge is -2.34. The van der Waals surface area contributed by atoms with E-state index in [9.17, 15) is 13.2 Å². The molecule has 0 amide bonds. The lowest BCUT2D eigenvalue weighted by atomic mass is 9.90. The Labute approximate surface area is 124 Å². The highest BCUT2D eigenvalue weighted by molar-refractivity contribution is 5.25. The molecule has 0 radical (unpaired) electrons. The van der Waals surface area contributed by atoms with Crippen molar-refractivity contribution in [1.29, 1.82) is 0 Å². The first kappa shape index (κ1) is 16.3. The third-order valence-electron chi connectivity index (χ3n) is 4.41. The quantitative estimate of drug-likeness (QED) is 0.913. The number of benzene rings is 1. The molecule has 0 spiro atoms. The Morgan fingerprint density at radius 2 is 1.86 bits per heavy atom. The molecule has 5 heteroatoms. The van der Waals surface area contributed by atoms with Crippen LogP contribution in [-0.4, -0.2) is 31.1 Å². The van der Waals surface area contributed by atoms with E-state index in [-0.39, 0.29) is 0 Å². The van der Waals surface area contributed by atoms with Gasteiger partial charge in [-0.05, 0) is 51.4 Å². The van der Waals surface area contributed by atoms with Crippen LogP contribution in [0.25, 0.3) is 0 Å². The summed E-state index contributed by atoms with van der Waals surface area (Å²) in [6.45, 7) is 0.568. The molecule has 1 aliphatic carbocycles. The van der Waals surface area contributed by atoms with Crippen LogP contribution in [-0.2, 0) is 12.7 Å². The minimum Gasteiger partial charge on any atom is -0.317 e. The number of hydrogen-bond acceptors (Lipinski definition) is 2. The van der Waals surface area contributed by atoms with Crippen LogP contribution < -0.4 is 5.32 Å². The molecular formula is C16H23F3N2. The first-order valence-electron chi connectivity index (χ1n) is 7.44. The first-order valence-corrected chi connectivity index (χ1v) is 7.44. The molecular weight excluding hydrogens is 277 g/mol. The van der Waals surface area contributed by atoms with Crippen molar-refractivity contribution in [3.05, 3.63) is 35.4 Å². The van der Waals surface area contributed by atoms with Crippen molar-refractivity contribution in [1.82, 2.24) is 10.2 Å². The normalized spacial score (nSPS) is 23.5. The minimum absolute atomic E-state index is 0.462. The second-order valence-electron chi connectivity index (χ2n) is 5.91. The molecule has 0 bridgehead atoms. The molecule has 1 N–H and O–H groups in total. The highest BCUT2D eigenvalue weighted by atomic mass is 19.4. The lowest BCUT2D eigenvalue weighted by molar-refractivity contribution is -0.137. The zero-order chi connectivity index (χ0) is 15.5. The molecule has 0 aromatic heterocycles. The van der Waals surface area contributed by atoms with Crippen molar-refractivity contribution in [3.8, 4) is 0 Å². The first-order chi connectivity index (χ1) is 9.90. The van der Waals surface area contributed by atoms with E-state index in [0.717, 1.165) is 37.3 Å². The molecule has 2 nitrogen and oxygen atoms in total. The van der Waals surface area contributed by atoms with Gasteiger partial charge in [-0.3, -0.25) is 4.90 Å². The number of alkyl halides is 3. The van der Waals surface area contributed by atoms with E-state index >= 15 is 0 Å². The summed E-state index contributed by atoms with van der Waals surface area (Å²) in [7, 11) is 3.99. The summed E-state index contributed by atoms with van der Waals surface area (Å²) >= 11 is 0. The molecule has 1 aromatic rings. The Kier molecular flexibility index (Phi) is 5.27. The van der Waals surface area contributed by atoms with Crippen LogP contribution in [0.15, 0.2) is 24.3 Å². The van der Waals surface area contributed by atoms with Crippen LogP contribution in [0.4, 0.5) is 13.2 Å². The van der Waals surface area contributed by atoms with E-state index in [1.165, 1.54) is 12.1 Å². The zero-order valence-electron chi connectivity index (χ0n) is 12.6. The largest absolute Gasteiger partial charge is 0.416 e. The van der Waals surface area contributed by atoms with Gasteiger partial charge in [-0.2, -0.15) is 13.2 Å². The van der Waals surface area contributed by atoms with Crippen LogP contribution >= 0.6 is 0 Å². The topological polar surface area (TPSA) is 15.3 Å². The smallest absolute Gasteiger partial charge is 0.317 e. The third kappa shape index (κ3) is 4.45. The van der Waals surface area contributed by atoms with Gasteiger partial charge >= 0.3 is 6.18 Å². The monoisotopic (exact) mass is 300 g/mol. The van der Waals surface area contributed by atoms with Gasteiger partial charge in [0.25, 0.3) is 0 Å². The summed E-state index contributed by atoms with van der Waals surface area (Å²) in [5.41, 5.74) is 0.162. The Morgan fingerprint density at radius 1 is 1.19 bits per heavy atom. The Morgan fingerprint density at radius 3 is 2.43 bits per heavy atom. The highest BCUT2D eigenvalue weighted by Crippen LogP contribution is 2.30. The second kappa shape index (κ2) is 6.79. The summed E-state index contributed by atoms with van der Waals surface area (Å²) < 4.78 is 38.2. The fraction of sp³-hybridized carbons (Fsp3) is 0.625. The van der Waals surface area contributed by atoms with Crippen LogP contribution in [0.5, 0.6) is 0 Å². The maximum Gasteiger partial charge on any atom is 0.416 e. The molecule has 0 atom stereocenters. The van der Waals surface area contributed by atoms with Gasteiger partial charge in [-0.1, -0.05) is 18.2 Å². The van der Waals surface area contributed by atoms with Gasteiger partial charge in [0.05, 0.1) is 5.56 Å². The predicted octanol–water partition coefficient (Wildman–Crippen LogP) is 3.67. The van der Waals surface area contributed by atoms with Gasteiger partial charge in [0.1, 0.15) is 0 Å². The van der Waals surface area contributed by atoms with Gasteiger partial charge < -0.3 is 5.32 Å². The minimum atomic E-state index is -4.26. The van der Waals surface area contributed by atoms with Gasteiger partial charge in [-0.25, -0.2) is 0 Å². The summed E-state index contributed by atoms with van der Waals surface area (Å²) in [5.74, 6) is 0. The predicted molar refractivity (Wildman–Crippen MR) is 78.0 cm³/mol. The van der Waals surface area contributed by atoms with Gasteiger partial charge in [0.15, 0.2) is 0 Å². The van der Waals surface area contributed by atoms with Crippen molar-refractivity contribution in [2.45, 2.75) is 50.5 Å². The Hall–Kier alpha value is -1.07. The number of nitrogens with zero attached hydrogens (tertiary/aromatic N) is 1. The molecule has 0 saturated heterocycles. The molecule has 1 aromatic carbocycles. The lowest BCUT2D eigenvalue weighted by Crippen LogP contribution is -2.39. The third-order valence-corrected chi connectivity index (χ3v) is 4.41. The van der Waals surface area contributed by atoms with Crippen LogP contribution in [0, 0.1) is 0 Å². The van der Waals surface area contributed by atoms with Crippen molar-refractivity contribution in [2.75, 3.05) is 14.1 Å². The summed E-state index contributed by atoms with van der Waals surface area (Å²) in [6.07, 6.45) is 0.198. The van der Waals surface area contributed by atoms with Gasteiger partial charge in [-0.15, -0.1) is 0 Å². The van der Waals surface area contributed by atoms with Crippen molar-refractivity contribution in [2.24, 2.45) is 0 Å². The van der Waals surface area contributed by atoms with E-state index in [1.54, 1.807) is 6.07 Å². The summed E-state index contributed by atoms with van der Waals surface area (Å²) in [4.78, 5) is 2.18. The fourth-order valence-corrected chi connectivity index (χ4v) is 3.07. The maximum atomic E-state index is 12.7. The molecule has 0 aliphatic heterocycles. The van der Waals surface area contributed by atoms with Crippen LogP contribution in [0.3, 0.4) is 0 Å². The van der Waals surface area contributed by atoms with Crippen molar-refractivity contribution >= 4 is 0 Å². The van der Waals surface area contributed by atoms with E-state index in [1.807, 2.05) is 14.1 Å². The van der Waals surface area contributed by atoms with Gasteiger partial charge in [0, 0.05) is 18.6 Å². The highest BCUT2D eigenvalue weighted by Gasteiger charge is 2.30. The van der Waals surface area contributed by atoms with Crippen LogP contribution in [0.1, 0.15) is 36.8 Å². The fourth-order valence-electron chi connectivity index (χ4n) is 3.07. The van der Waals surface area contributed by atoms with Crippen molar-refractivity contribution in [3.63, 3.8) is 0 Å². The van der Waals surface area contributed by atoms with E-state index in [2.05, 4.69) is 10.2 Å². The second-order valence-corrected chi connectivity index (χ2v) is 5.91. The molecule has 0 unspecified atom stereocenters. The Bertz CT molecular complexity index is 451. The molecule has 2 rings (SSSR count). The average Bonchev–Trinajstić information content (AvgIpc) is 2.47.